The first-order valence-corrected chi connectivity index (χ1v) is 9.46. The molecule has 26 heavy (non-hydrogen) atoms. The molecule has 1 aliphatic heterocycles. The fraction of sp³-hybridized carbons (Fsp3) is 0.409. The Labute approximate surface area is 156 Å². The average Bonchev–Trinajstić information content (AvgIpc) is 2.65. The first-order valence-electron chi connectivity index (χ1n) is 9.46. The topological polar surface area (TPSA) is 39.6 Å². The quantitative estimate of drug-likeness (QED) is 0.832. The molecule has 0 unspecified atom stereocenters. The number of rotatable bonds is 7. The number of hydrogen-bond donors (Lipinski definition) is 1. The van der Waals surface area contributed by atoms with E-state index in [0.29, 0.717) is 6.04 Å². The molecular weight excluding hydrogens is 322 g/mol. The highest BCUT2D eigenvalue weighted by atomic mass is 16.3. The summed E-state index contributed by atoms with van der Waals surface area (Å²) in [7, 11) is 0. The van der Waals surface area contributed by atoms with E-state index in [1.165, 1.54) is 5.56 Å². The lowest BCUT2D eigenvalue weighted by molar-refractivity contribution is 0.0587. The van der Waals surface area contributed by atoms with Crippen molar-refractivity contribution in [2.75, 3.05) is 32.8 Å². The standard InChI is InChI=1S/C22H29N3O/c1-19-7-5-11-21(23-19)17-25-15-14-24(18-22(25)12-16-26)13-6-10-20-8-3-2-4-9-20/h2-11,22,26H,12-18H2,1H3/b10-6+/t22-/m1/s1. The van der Waals surface area contributed by atoms with E-state index in [2.05, 4.69) is 63.3 Å². The fourth-order valence-electron chi connectivity index (χ4n) is 3.55. The zero-order valence-electron chi connectivity index (χ0n) is 15.6. The third-order valence-electron chi connectivity index (χ3n) is 4.94. The number of piperazine rings is 1. The van der Waals surface area contributed by atoms with E-state index in [-0.39, 0.29) is 6.61 Å². The minimum absolute atomic E-state index is 0.232. The zero-order chi connectivity index (χ0) is 18.2. The highest BCUT2D eigenvalue weighted by Gasteiger charge is 2.26. The van der Waals surface area contributed by atoms with Gasteiger partial charge in [-0.1, -0.05) is 48.6 Å². The summed E-state index contributed by atoms with van der Waals surface area (Å²) >= 11 is 0. The van der Waals surface area contributed by atoms with Gasteiger partial charge in [0.25, 0.3) is 0 Å². The van der Waals surface area contributed by atoms with E-state index in [4.69, 9.17) is 0 Å². The molecule has 1 N–H and O–H groups in total. The summed E-state index contributed by atoms with van der Waals surface area (Å²) in [6, 6.07) is 17.0. The van der Waals surface area contributed by atoms with E-state index in [1.807, 2.05) is 19.1 Å². The van der Waals surface area contributed by atoms with Crippen LogP contribution in [0.1, 0.15) is 23.4 Å². The van der Waals surface area contributed by atoms with Crippen LogP contribution in [0, 0.1) is 6.92 Å². The largest absolute Gasteiger partial charge is 0.396 e. The minimum Gasteiger partial charge on any atom is -0.396 e. The average molecular weight is 351 g/mol. The van der Waals surface area contributed by atoms with Crippen molar-refractivity contribution in [1.82, 2.24) is 14.8 Å². The van der Waals surface area contributed by atoms with E-state index in [1.54, 1.807) is 0 Å². The molecule has 3 rings (SSSR count). The van der Waals surface area contributed by atoms with Crippen molar-refractivity contribution in [3.63, 3.8) is 0 Å². The number of aliphatic hydroxyl groups excluding tert-OH is 1. The number of nitrogens with zero attached hydrogens (tertiary/aromatic N) is 3. The fourth-order valence-corrected chi connectivity index (χ4v) is 3.55. The Morgan fingerprint density at radius 1 is 1.12 bits per heavy atom. The number of hydrogen-bond acceptors (Lipinski definition) is 4. The first-order chi connectivity index (χ1) is 12.7. The second-order valence-electron chi connectivity index (χ2n) is 6.98. The molecule has 0 amide bonds. The van der Waals surface area contributed by atoms with Crippen molar-refractivity contribution in [3.8, 4) is 0 Å². The van der Waals surface area contributed by atoms with Gasteiger partial charge in [0.05, 0.1) is 5.69 Å². The zero-order valence-corrected chi connectivity index (χ0v) is 15.6. The summed E-state index contributed by atoms with van der Waals surface area (Å²) in [5.41, 5.74) is 3.42. The summed E-state index contributed by atoms with van der Waals surface area (Å²) in [6.45, 7) is 7.13. The van der Waals surface area contributed by atoms with Gasteiger partial charge in [-0.15, -0.1) is 0 Å². The minimum atomic E-state index is 0.232. The molecule has 0 aliphatic carbocycles. The van der Waals surface area contributed by atoms with E-state index >= 15 is 0 Å². The molecule has 138 valence electrons. The second-order valence-corrected chi connectivity index (χ2v) is 6.98. The van der Waals surface area contributed by atoms with Crippen LogP contribution in [0.5, 0.6) is 0 Å². The molecule has 0 bridgehead atoms. The highest BCUT2D eigenvalue weighted by molar-refractivity contribution is 5.48. The van der Waals surface area contributed by atoms with Crippen molar-refractivity contribution in [1.29, 1.82) is 0 Å². The van der Waals surface area contributed by atoms with Gasteiger partial charge in [-0.25, -0.2) is 0 Å². The normalized spacial score (nSPS) is 19.2. The van der Waals surface area contributed by atoms with Gasteiger partial charge < -0.3 is 5.11 Å². The summed E-state index contributed by atoms with van der Waals surface area (Å²) in [5, 5.41) is 9.48. The first kappa shape index (κ1) is 18.8. The Bertz CT molecular complexity index is 702. The van der Waals surface area contributed by atoms with Crippen LogP contribution >= 0.6 is 0 Å². The van der Waals surface area contributed by atoms with Crippen LogP contribution in [0.4, 0.5) is 0 Å². The van der Waals surface area contributed by atoms with Gasteiger partial charge in [-0.3, -0.25) is 14.8 Å². The van der Waals surface area contributed by atoms with Crippen molar-refractivity contribution < 1.29 is 5.11 Å². The molecule has 0 saturated carbocycles. The van der Waals surface area contributed by atoms with Gasteiger partial charge >= 0.3 is 0 Å². The van der Waals surface area contributed by atoms with Gasteiger partial charge in [-0.2, -0.15) is 0 Å². The Morgan fingerprint density at radius 3 is 2.73 bits per heavy atom. The van der Waals surface area contributed by atoms with Crippen molar-refractivity contribution in [3.05, 3.63) is 71.6 Å². The number of benzene rings is 1. The number of aliphatic hydroxyl groups is 1. The maximum absolute atomic E-state index is 9.48. The second kappa shape index (κ2) is 9.62. The van der Waals surface area contributed by atoms with Gasteiger partial charge in [0, 0.05) is 51.1 Å². The lowest BCUT2D eigenvalue weighted by atomic mass is 10.1. The molecule has 1 aliphatic rings. The van der Waals surface area contributed by atoms with Gasteiger partial charge in [0.2, 0.25) is 0 Å². The van der Waals surface area contributed by atoms with Crippen LogP contribution in [0.25, 0.3) is 6.08 Å². The van der Waals surface area contributed by atoms with Gasteiger partial charge in [0.15, 0.2) is 0 Å². The number of aryl methyl sites for hydroxylation is 1. The molecule has 1 aromatic carbocycles. The molecule has 1 saturated heterocycles. The predicted octanol–water partition coefficient (Wildman–Crippen LogP) is 2.97. The maximum Gasteiger partial charge on any atom is 0.0547 e. The molecule has 1 aromatic heterocycles. The number of aromatic nitrogens is 1. The molecule has 2 heterocycles. The molecule has 4 heteroatoms. The van der Waals surface area contributed by atoms with Crippen LogP contribution < -0.4 is 0 Å². The molecule has 1 atom stereocenters. The van der Waals surface area contributed by atoms with Crippen LogP contribution in [0.3, 0.4) is 0 Å². The Hall–Kier alpha value is -2.01. The SMILES string of the molecule is Cc1cccc(CN2CCN(C/C=C/c3ccccc3)C[C@H]2CCO)n1. The molecule has 1 fully saturated rings. The van der Waals surface area contributed by atoms with Crippen LogP contribution in [0.15, 0.2) is 54.6 Å². The molecule has 0 spiro atoms. The lowest BCUT2D eigenvalue weighted by Gasteiger charge is -2.41. The molecular formula is C22H29N3O. The summed E-state index contributed by atoms with van der Waals surface area (Å²) in [6.07, 6.45) is 5.23. The summed E-state index contributed by atoms with van der Waals surface area (Å²) < 4.78 is 0. The smallest absolute Gasteiger partial charge is 0.0547 e. The van der Waals surface area contributed by atoms with Gasteiger partial charge in [-0.05, 0) is 31.0 Å². The Morgan fingerprint density at radius 2 is 1.96 bits per heavy atom. The monoisotopic (exact) mass is 351 g/mol. The Kier molecular flexibility index (Phi) is 6.95. The highest BCUT2D eigenvalue weighted by Crippen LogP contribution is 2.16. The molecule has 0 radical (unpaired) electrons. The van der Waals surface area contributed by atoms with Crippen LogP contribution in [0.2, 0.25) is 0 Å². The van der Waals surface area contributed by atoms with E-state index < -0.39 is 0 Å². The Balaban J connectivity index is 1.56. The van der Waals surface area contributed by atoms with E-state index in [0.717, 1.165) is 50.5 Å². The maximum atomic E-state index is 9.48. The van der Waals surface area contributed by atoms with Crippen molar-refractivity contribution >= 4 is 6.08 Å². The third kappa shape index (κ3) is 5.49. The third-order valence-corrected chi connectivity index (χ3v) is 4.94. The molecule has 2 aromatic rings. The van der Waals surface area contributed by atoms with E-state index in [9.17, 15) is 5.11 Å². The van der Waals surface area contributed by atoms with Crippen LogP contribution in [-0.4, -0.2) is 58.7 Å². The summed E-state index contributed by atoms with van der Waals surface area (Å²) in [4.78, 5) is 9.57. The van der Waals surface area contributed by atoms with Crippen LogP contribution in [-0.2, 0) is 6.54 Å². The van der Waals surface area contributed by atoms with Crippen molar-refractivity contribution in [2.24, 2.45) is 0 Å². The van der Waals surface area contributed by atoms with Gasteiger partial charge in [0.1, 0.15) is 0 Å². The number of pyridine rings is 1. The molecule has 4 nitrogen and oxygen atoms in total. The predicted molar refractivity (Wildman–Crippen MR) is 107 cm³/mol. The summed E-state index contributed by atoms with van der Waals surface area (Å²) in [5.74, 6) is 0. The van der Waals surface area contributed by atoms with Crippen molar-refractivity contribution in [2.45, 2.75) is 25.9 Å². The lowest BCUT2D eigenvalue weighted by Crippen LogP contribution is -2.52.